The number of benzene rings is 1. The zero-order chi connectivity index (χ0) is 18.8. The molecule has 6 nitrogen and oxygen atoms in total. The quantitative estimate of drug-likeness (QED) is 0.606. The van der Waals surface area contributed by atoms with Crippen LogP contribution in [0.4, 0.5) is 5.00 Å². The van der Waals surface area contributed by atoms with Crippen molar-refractivity contribution in [3.63, 3.8) is 0 Å². The van der Waals surface area contributed by atoms with Gasteiger partial charge < -0.3 is 14.6 Å². The van der Waals surface area contributed by atoms with Crippen molar-refractivity contribution in [3.05, 3.63) is 58.5 Å². The lowest BCUT2D eigenvalue weighted by Crippen LogP contribution is -2.47. The molecule has 4 rings (SSSR count). The third kappa shape index (κ3) is 3.64. The van der Waals surface area contributed by atoms with E-state index < -0.39 is 5.97 Å². The summed E-state index contributed by atoms with van der Waals surface area (Å²) in [6.07, 6.45) is 1.83. The van der Waals surface area contributed by atoms with E-state index in [2.05, 4.69) is 16.1 Å². The number of carbonyl (C=O) groups is 2. The zero-order valence-corrected chi connectivity index (χ0v) is 15.7. The van der Waals surface area contributed by atoms with Gasteiger partial charge in [0.15, 0.2) is 0 Å². The topological polar surface area (TPSA) is 62.2 Å². The highest BCUT2D eigenvalue weighted by Gasteiger charge is 2.27. The molecule has 2 aliphatic heterocycles. The van der Waals surface area contributed by atoms with E-state index in [0.29, 0.717) is 11.3 Å². The summed E-state index contributed by atoms with van der Waals surface area (Å²) in [5.74, 6) is -0.308. The number of thiophene rings is 1. The molecule has 0 bridgehead atoms. The number of amides is 1. The van der Waals surface area contributed by atoms with Crippen LogP contribution >= 0.6 is 11.3 Å². The Morgan fingerprint density at radius 1 is 1.11 bits per heavy atom. The standard InChI is InChI=1S/C20H19N3O3S/c1-14(24)22-9-11-23(12-10-22)18-8-7-16(27-18)13-17-19(21-26-20(17)25)15-5-3-2-4-6-15/h2-8,13H,9-12H2,1H3/b17-13-. The number of nitrogens with zero attached hydrogens (tertiary/aromatic N) is 3. The van der Waals surface area contributed by atoms with Crippen LogP contribution in [0.25, 0.3) is 6.08 Å². The summed E-state index contributed by atoms with van der Waals surface area (Å²) >= 11 is 1.62. The van der Waals surface area contributed by atoms with E-state index >= 15 is 0 Å². The predicted octanol–water partition coefficient (Wildman–Crippen LogP) is 2.76. The summed E-state index contributed by atoms with van der Waals surface area (Å²) in [5, 5.41) is 5.08. The maximum atomic E-state index is 12.1. The summed E-state index contributed by atoms with van der Waals surface area (Å²) in [6, 6.07) is 13.6. The van der Waals surface area contributed by atoms with Crippen LogP contribution in [0.3, 0.4) is 0 Å². The lowest BCUT2D eigenvalue weighted by atomic mass is 10.0. The number of hydrogen-bond donors (Lipinski definition) is 0. The fourth-order valence-corrected chi connectivity index (χ4v) is 4.19. The number of carbonyl (C=O) groups excluding carboxylic acids is 2. The van der Waals surface area contributed by atoms with Gasteiger partial charge in [0, 0.05) is 43.5 Å². The number of piperazine rings is 1. The summed E-state index contributed by atoms with van der Waals surface area (Å²) in [5.41, 5.74) is 1.88. The third-order valence-electron chi connectivity index (χ3n) is 4.68. The van der Waals surface area contributed by atoms with Gasteiger partial charge in [-0.3, -0.25) is 4.79 Å². The maximum absolute atomic E-state index is 12.1. The van der Waals surface area contributed by atoms with Gasteiger partial charge >= 0.3 is 5.97 Å². The molecule has 1 aromatic carbocycles. The van der Waals surface area contributed by atoms with Gasteiger partial charge in [0.05, 0.1) is 10.6 Å². The average molecular weight is 381 g/mol. The highest BCUT2D eigenvalue weighted by Crippen LogP contribution is 2.30. The Labute approximate surface area is 161 Å². The lowest BCUT2D eigenvalue weighted by Gasteiger charge is -2.34. The molecule has 7 heteroatoms. The van der Waals surface area contributed by atoms with Gasteiger partial charge in [0.25, 0.3) is 0 Å². The van der Waals surface area contributed by atoms with Crippen LogP contribution in [-0.2, 0) is 14.4 Å². The Bertz CT molecular complexity index is 925. The van der Waals surface area contributed by atoms with E-state index in [-0.39, 0.29) is 5.91 Å². The first-order valence-corrected chi connectivity index (χ1v) is 9.60. The molecule has 138 valence electrons. The Kier molecular flexibility index (Phi) is 4.77. The molecule has 1 saturated heterocycles. The maximum Gasteiger partial charge on any atom is 0.368 e. The Hall–Kier alpha value is -2.93. The van der Waals surface area contributed by atoms with Gasteiger partial charge in [0.1, 0.15) is 5.71 Å². The molecule has 1 aromatic heterocycles. The van der Waals surface area contributed by atoms with Crippen molar-refractivity contribution in [1.29, 1.82) is 0 Å². The highest BCUT2D eigenvalue weighted by atomic mass is 32.1. The van der Waals surface area contributed by atoms with Gasteiger partial charge in [-0.15, -0.1) is 11.3 Å². The molecule has 27 heavy (non-hydrogen) atoms. The Balaban J connectivity index is 1.52. The van der Waals surface area contributed by atoms with Crippen LogP contribution < -0.4 is 4.90 Å². The fourth-order valence-electron chi connectivity index (χ4n) is 3.19. The first-order valence-electron chi connectivity index (χ1n) is 8.79. The summed E-state index contributed by atoms with van der Waals surface area (Å²) in [6.45, 7) is 4.71. The van der Waals surface area contributed by atoms with E-state index in [1.807, 2.05) is 47.4 Å². The number of anilines is 1. The zero-order valence-electron chi connectivity index (χ0n) is 14.9. The number of hydrogen-bond acceptors (Lipinski definition) is 6. The average Bonchev–Trinajstić information content (AvgIpc) is 3.30. The van der Waals surface area contributed by atoms with Gasteiger partial charge in [0.2, 0.25) is 5.91 Å². The summed E-state index contributed by atoms with van der Waals surface area (Å²) in [4.78, 5) is 33.6. The van der Waals surface area contributed by atoms with E-state index in [4.69, 9.17) is 4.84 Å². The molecule has 0 spiro atoms. The SMILES string of the molecule is CC(=O)N1CCN(c2ccc(/C=C3\C(=O)ON=C3c3ccccc3)s2)CC1. The van der Waals surface area contributed by atoms with E-state index in [1.54, 1.807) is 18.3 Å². The second kappa shape index (κ2) is 7.36. The lowest BCUT2D eigenvalue weighted by molar-refractivity contribution is -0.136. The van der Waals surface area contributed by atoms with E-state index in [1.165, 1.54) is 0 Å². The van der Waals surface area contributed by atoms with Crippen molar-refractivity contribution in [3.8, 4) is 0 Å². The van der Waals surface area contributed by atoms with Crippen molar-refractivity contribution < 1.29 is 14.4 Å². The minimum atomic E-state index is -0.432. The molecule has 0 saturated carbocycles. The van der Waals surface area contributed by atoms with Crippen molar-refractivity contribution in [2.75, 3.05) is 31.1 Å². The first-order chi connectivity index (χ1) is 13.1. The molecule has 2 aliphatic rings. The second-order valence-electron chi connectivity index (χ2n) is 6.41. The minimum absolute atomic E-state index is 0.124. The Morgan fingerprint density at radius 2 is 1.85 bits per heavy atom. The van der Waals surface area contributed by atoms with Crippen molar-refractivity contribution >= 4 is 40.0 Å². The Morgan fingerprint density at radius 3 is 2.56 bits per heavy atom. The second-order valence-corrected chi connectivity index (χ2v) is 7.51. The third-order valence-corrected chi connectivity index (χ3v) is 5.77. The van der Waals surface area contributed by atoms with Crippen LogP contribution in [-0.4, -0.2) is 48.7 Å². The smallest absolute Gasteiger partial charge is 0.360 e. The normalized spacial score (nSPS) is 18.6. The molecule has 0 aliphatic carbocycles. The molecule has 0 unspecified atom stereocenters. The molecule has 1 amide bonds. The van der Waals surface area contributed by atoms with Crippen molar-refractivity contribution in [2.45, 2.75) is 6.92 Å². The van der Waals surface area contributed by atoms with E-state index in [0.717, 1.165) is 41.6 Å². The van der Waals surface area contributed by atoms with Gasteiger partial charge in [-0.2, -0.15) is 0 Å². The monoisotopic (exact) mass is 381 g/mol. The van der Waals surface area contributed by atoms with Crippen LogP contribution in [0.5, 0.6) is 0 Å². The molecular weight excluding hydrogens is 362 g/mol. The van der Waals surface area contributed by atoms with Crippen LogP contribution in [0.2, 0.25) is 0 Å². The molecule has 0 atom stereocenters. The summed E-state index contributed by atoms with van der Waals surface area (Å²) < 4.78 is 0. The van der Waals surface area contributed by atoms with Gasteiger partial charge in [-0.25, -0.2) is 4.79 Å². The van der Waals surface area contributed by atoms with E-state index in [9.17, 15) is 9.59 Å². The predicted molar refractivity (Wildman–Crippen MR) is 106 cm³/mol. The van der Waals surface area contributed by atoms with Crippen LogP contribution in [0, 0.1) is 0 Å². The number of oxime groups is 1. The largest absolute Gasteiger partial charge is 0.368 e. The molecule has 0 N–H and O–H groups in total. The molecule has 2 aromatic rings. The summed E-state index contributed by atoms with van der Waals surface area (Å²) in [7, 11) is 0. The minimum Gasteiger partial charge on any atom is -0.360 e. The molecule has 0 radical (unpaired) electrons. The van der Waals surface area contributed by atoms with Crippen LogP contribution in [0.15, 0.2) is 53.2 Å². The molecular formula is C20H19N3O3S. The first kappa shape index (κ1) is 17.5. The molecule has 1 fully saturated rings. The van der Waals surface area contributed by atoms with Gasteiger partial charge in [-0.05, 0) is 18.2 Å². The van der Waals surface area contributed by atoms with Gasteiger partial charge in [-0.1, -0.05) is 35.5 Å². The number of rotatable bonds is 3. The highest BCUT2D eigenvalue weighted by molar-refractivity contribution is 7.17. The van der Waals surface area contributed by atoms with Crippen molar-refractivity contribution in [2.24, 2.45) is 5.16 Å². The fraction of sp³-hybridized carbons (Fsp3) is 0.250. The molecule has 3 heterocycles. The van der Waals surface area contributed by atoms with Crippen molar-refractivity contribution in [1.82, 2.24) is 4.90 Å². The van der Waals surface area contributed by atoms with Crippen LogP contribution in [0.1, 0.15) is 17.4 Å².